The number of nitrogens with zero attached hydrogens (tertiary/aromatic N) is 3. The number of carbonyl (C=O) groups is 2. The van der Waals surface area contributed by atoms with Crippen LogP contribution >= 0.6 is 27.5 Å². The van der Waals surface area contributed by atoms with Crippen molar-refractivity contribution in [1.29, 1.82) is 0 Å². The number of aromatic nitrogens is 2. The molecule has 1 atom stereocenters. The highest BCUT2D eigenvalue weighted by molar-refractivity contribution is 9.10. The number of hydrogen-bond acceptors (Lipinski definition) is 3. The molecule has 1 aromatic heterocycles. The highest BCUT2D eigenvalue weighted by atomic mass is 79.9. The third-order valence-electron chi connectivity index (χ3n) is 4.72. The van der Waals surface area contributed by atoms with Crippen molar-refractivity contribution in [3.05, 3.63) is 52.0 Å². The van der Waals surface area contributed by atoms with E-state index in [0.717, 1.165) is 15.7 Å². The fourth-order valence-electron chi connectivity index (χ4n) is 3.31. The largest absolute Gasteiger partial charge is 0.313 e. The highest BCUT2D eigenvalue weighted by Crippen LogP contribution is 2.28. The molecule has 6 nitrogen and oxygen atoms in total. The molecule has 8 heteroatoms. The first-order valence-electron chi connectivity index (χ1n) is 8.44. The lowest BCUT2D eigenvalue weighted by Gasteiger charge is -2.17. The summed E-state index contributed by atoms with van der Waals surface area (Å²) in [6, 6.07) is 12.8. The second-order valence-electron chi connectivity index (χ2n) is 6.43. The molecule has 1 aliphatic rings. The number of carbonyl (C=O) groups excluding carboxylic acids is 2. The Morgan fingerprint density at radius 3 is 2.89 bits per heavy atom. The zero-order valence-electron chi connectivity index (χ0n) is 14.4. The smallest absolute Gasteiger partial charge is 0.239 e. The van der Waals surface area contributed by atoms with Crippen molar-refractivity contribution in [3.63, 3.8) is 0 Å². The molecule has 27 heavy (non-hydrogen) atoms. The van der Waals surface area contributed by atoms with Crippen LogP contribution < -0.4 is 10.2 Å². The first-order valence-corrected chi connectivity index (χ1v) is 9.61. The first kappa shape index (κ1) is 18.0. The third-order valence-corrected chi connectivity index (χ3v) is 5.45. The molecule has 1 fully saturated rings. The Morgan fingerprint density at radius 2 is 2.11 bits per heavy atom. The second kappa shape index (κ2) is 6.98. The lowest BCUT2D eigenvalue weighted by atomic mass is 10.1. The van der Waals surface area contributed by atoms with Crippen LogP contribution in [0.1, 0.15) is 6.42 Å². The van der Waals surface area contributed by atoms with E-state index in [1.165, 1.54) is 0 Å². The van der Waals surface area contributed by atoms with Crippen LogP contribution in [0.15, 0.2) is 46.9 Å². The fourth-order valence-corrected chi connectivity index (χ4v) is 3.86. The maximum atomic E-state index is 12.8. The molecule has 1 saturated heterocycles. The van der Waals surface area contributed by atoms with E-state index in [0.29, 0.717) is 29.5 Å². The molecular weight excluding hydrogens is 432 g/mol. The van der Waals surface area contributed by atoms with Gasteiger partial charge >= 0.3 is 0 Å². The Hall–Kier alpha value is -2.38. The SMILES string of the molecule is Cn1c(NC(=O)C2CCN(c3cccc(Br)c3)C2=O)nc2cc(Cl)ccc21. The van der Waals surface area contributed by atoms with Crippen LogP contribution in [-0.2, 0) is 16.6 Å². The summed E-state index contributed by atoms with van der Waals surface area (Å²) in [5.74, 6) is -0.882. The van der Waals surface area contributed by atoms with Gasteiger partial charge in [0.05, 0.1) is 11.0 Å². The van der Waals surface area contributed by atoms with Crippen molar-refractivity contribution in [2.24, 2.45) is 13.0 Å². The maximum Gasteiger partial charge on any atom is 0.239 e. The Labute approximate surface area is 169 Å². The van der Waals surface area contributed by atoms with Crippen LogP contribution in [0.4, 0.5) is 11.6 Å². The summed E-state index contributed by atoms with van der Waals surface area (Å²) in [5.41, 5.74) is 2.32. The Bertz CT molecular complexity index is 1070. The van der Waals surface area contributed by atoms with E-state index in [1.807, 2.05) is 37.4 Å². The van der Waals surface area contributed by atoms with E-state index in [4.69, 9.17) is 11.6 Å². The molecule has 0 aliphatic carbocycles. The van der Waals surface area contributed by atoms with Gasteiger partial charge in [-0.2, -0.15) is 0 Å². The van der Waals surface area contributed by atoms with Gasteiger partial charge in [-0.05, 0) is 42.8 Å². The van der Waals surface area contributed by atoms with Gasteiger partial charge in [0.25, 0.3) is 0 Å². The van der Waals surface area contributed by atoms with Crippen LogP contribution in [0.25, 0.3) is 11.0 Å². The van der Waals surface area contributed by atoms with E-state index < -0.39 is 5.92 Å². The standard InChI is InChI=1S/C19H16BrClN4O2/c1-24-16-6-5-12(21)10-15(16)22-19(24)23-17(26)14-7-8-25(18(14)27)13-4-2-3-11(20)9-13/h2-6,9-10,14H,7-8H2,1H3,(H,22,23,26). The van der Waals surface area contributed by atoms with Gasteiger partial charge in [-0.3, -0.25) is 14.9 Å². The molecule has 1 aliphatic heterocycles. The number of anilines is 2. The topological polar surface area (TPSA) is 67.2 Å². The molecule has 138 valence electrons. The molecule has 2 aromatic carbocycles. The van der Waals surface area contributed by atoms with E-state index >= 15 is 0 Å². The number of hydrogen-bond donors (Lipinski definition) is 1. The van der Waals surface area contributed by atoms with Crippen molar-refractivity contribution in [3.8, 4) is 0 Å². The minimum absolute atomic E-state index is 0.201. The van der Waals surface area contributed by atoms with E-state index in [2.05, 4.69) is 26.2 Å². The zero-order valence-corrected chi connectivity index (χ0v) is 16.8. The van der Waals surface area contributed by atoms with Crippen LogP contribution in [0.5, 0.6) is 0 Å². The van der Waals surface area contributed by atoms with Crippen molar-refractivity contribution in [2.75, 3.05) is 16.8 Å². The first-order chi connectivity index (χ1) is 12.9. The number of nitrogens with one attached hydrogen (secondary N) is 1. The molecule has 1 N–H and O–H groups in total. The molecule has 0 radical (unpaired) electrons. The van der Waals surface area contributed by atoms with Gasteiger partial charge in [-0.1, -0.05) is 33.6 Å². The van der Waals surface area contributed by atoms with Gasteiger partial charge in [0, 0.05) is 28.8 Å². The summed E-state index contributed by atoms with van der Waals surface area (Å²) < 4.78 is 2.66. The second-order valence-corrected chi connectivity index (χ2v) is 7.78. The van der Waals surface area contributed by atoms with Gasteiger partial charge in [0.1, 0.15) is 5.92 Å². The summed E-state index contributed by atoms with van der Waals surface area (Å²) in [4.78, 5) is 31.5. The number of amides is 2. The summed E-state index contributed by atoms with van der Waals surface area (Å²) in [5, 5.41) is 3.37. The molecule has 0 spiro atoms. The molecule has 0 saturated carbocycles. The monoisotopic (exact) mass is 446 g/mol. The Morgan fingerprint density at radius 1 is 1.30 bits per heavy atom. The van der Waals surface area contributed by atoms with E-state index in [9.17, 15) is 9.59 Å². The van der Waals surface area contributed by atoms with Gasteiger partial charge in [0.15, 0.2) is 0 Å². The van der Waals surface area contributed by atoms with Crippen LogP contribution in [0.3, 0.4) is 0 Å². The van der Waals surface area contributed by atoms with Crippen molar-refractivity contribution >= 4 is 62.0 Å². The number of benzene rings is 2. The lowest BCUT2D eigenvalue weighted by molar-refractivity contribution is -0.129. The molecule has 3 aromatic rings. The molecule has 1 unspecified atom stereocenters. The minimum Gasteiger partial charge on any atom is -0.313 e. The predicted octanol–water partition coefficient (Wildman–Crippen LogP) is 3.98. The predicted molar refractivity (Wildman–Crippen MR) is 109 cm³/mol. The molecule has 2 amide bonds. The van der Waals surface area contributed by atoms with Gasteiger partial charge < -0.3 is 9.47 Å². The van der Waals surface area contributed by atoms with E-state index in [-0.39, 0.29) is 11.8 Å². The van der Waals surface area contributed by atoms with Crippen molar-refractivity contribution in [2.45, 2.75) is 6.42 Å². The van der Waals surface area contributed by atoms with Crippen molar-refractivity contribution < 1.29 is 9.59 Å². The minimum atomic E-state index is -0.729. The summed E-state index contributed by atoms with van der Waals surface area (Å²) >= 11 is 9.41. The Kier molecular flexibility index (Phi) is 4.65. The number of halogens is 2. The molecular formula is C19H16BrClN4O2. The summed E-state index contributed by atoms with van der Waals surface area (Å²) in [7, 11) is 1.81. The summed E-state index contributed by atoms with van der Waals surface area (Å²) in [6.07, 6.45) is 0.465. The van der Waals surface area contributed by atoms with Crippen LogP contribution in [0.2, 0.25) is 5.02 Å². The normalized spacial score (nSPS) is 16.9. The van der Waals surface area contributed by atoms with Crippen molar-refractivity contribution in [1.82, 2.24) is 9.55 Å². The maximum absolute atomic E-state index is 12.8. The quantitative estimate of drug-likeness (QED) is 0.618. The van der Waals surface area contributed by atoms with Crippen LogP contribution in [-0.4, -0.2) is 27.9 Å². The van der Waals surface area contributed by atoms with Gasteiger partial charge in [-0.25, -0.2) is 4.98 Å². The van der Waals surface area contributed by atoms with Gasteiger partial charge in [0.2, 0.25) is 17.8 Å². The zero-order chi connectivity index (χ0) is 19.1. The lowest BCUT2D eigenvalue weighted by Crippen LogP contribution is -2.33. The number of imidazole rings is 1. The van der Waals surface area contributed by atoms with E-state index in [1.54, 1.807) is 21.6 Å². The fraction of sp³-hybridized carbons (Fsp3) is 0.211. The number of aryl methyl sites for hydroxylation is 1. The molecule has 0 bridgehead atoms. The van der Waals surface area contributed by atoms with Gasteiger partial charge in [-0.15, -0.1) is 0 Å². The summed E-state index contributed by atoms with van der Waals surface area (Å²) in [6.45, 7) is 0.505. The molecule has 2 heterocycles. The average molecular weight is 448 g/mol. The Balaban J connectivity index is 1.54. The highest BCUT2D eigenvalue weighted by Gasteiger charge is 2.38. The third kappa shape index (κ3) is 3.33. The number of rotatable bonds is 3. The van der Waals surface area contributed by atoms with Crippen LogP contribution in [0, 0.1) is 5.92 Å². The number of fused-ring (bicyclic) bond motifs is 1. The average Bonchev–Trinajstić information content (AvgIpc) is 3.15. The molecule has 4 rings (SSSR count).